The van der Waals surface area contributed by atoms with Crippen LogP contribution in [0.2, 0.25) is 0 Å². The first-order valence-corrected chi connectivity index (χ1v) is 5.34. The standard InChI is InChI=1S/C10H6Br2O/c11-7-2-3-8-6(5-7)1-4-9(13)10(8)12/h1-5,13H. The Morgan fingerprint density at radius 2 is 1.77 bits per heavy atom. The second-order valence-electron chi connectivity index (χ2n) is 2.76. The maximum atomic E-state index is 9.43. The first-order valence-electron chi connectivity index (χ1n) is 3.75. The summed E-state index contributed by atoms with van der Waals surface area (Å²) >= 11 is 6.74. The molecule has 2 aromatic rings. The van der Waals surface area contributed by atoms with Crippen molar-refractivity contribution in [3.05, 3.63) is 39.3 Å². The van der Waals surface area contributed by atoms with Gasteiger partial charge in [0.2, 0.25) is 0 Å². The summed E-state index contributed by atoms with van der Waals surface area (Å²) in [5.74, 6) is 0.273. The van der Waals surface area contributed by atoms with Gasteiger partial charge in [-0.1, -0.05) is 28.1 Å². The van der Waals surface area contributed by atoms with Crippen molar-refractivity contribution in [1.82, 2.24) is 0 Å². The molecule has 0 aliphatic rings. The largest absolute Gasteiger partial charge is 0.507 e. The van der Waals surface area contributed by atoms with E-state index in [2.05, 4.69) is 31.9 Å². The monoisotopic (exact) mass is 300 g/mol. The van der Waals surface area contributed by atoms with Gasteiger partial charge in [-0.05, 0) is 44.9 Å². The summed E-state index contributed by atoms with van der Waals surface area (Å²) in [7, 11) is 0. The van der Waals surface area contributed by atoms with Crippen molar-refractivity contribution in [2.45, 2.75) is 0 Å². The molecule has 0 atom stereocenters. The van der Waals surface area contributed by atoms with Crippen LogP contribution in [0, 0.1) is 0 Å². The van der Waals surface area contributed by atoms with Gasteiger partial charge in [-0.25, -0.2) is 0 Å². The molecule has 0 unspecified atom stereocenters. The second-order valence-corrected chi connectivity index (χ2v) is 4.47. The van der Waals surface area contributed by atoms with E-state index in [-0.39, 0.29) is 5.75 Å². The molecule has 0 aliphatic carbocycles. The SMILES string of the molecule is Oc1ccc2cc(Br)ccc2c1Br. The average molecular weight is 302 g/mol. The lowest BCUT2D eigenvalue weighted by Crippen LogP contribution is -1.75. The van der Waals surface area contributed by atoms with Crippen LogP contribution < -0.4 is 0 Å². The number of hydrogen-bond acceptors (Lipinski definition) is 1. The molecule has 0 radical (unpaired) electrons. The van der Waals surface area contributed by atoms with Crippen molar-refractivity contribution >= 4 is 42.6 Å². The van der Waals surface area contributed by atoms with E-state index in [0.29, 0.717) is 0 Å². The van der Waals surface area contributed by atoms with Gasteiger partial charge in [0.1, 0.15) is 5.75 Å². The minimum atomic E-state index is 0.273. The molecule has 0 amide bonds. The Balaban J connectivity index is 2.87. The Hall–Kier alpha value is -0.540. The summed E-state index contributed by atoms with van der Waals surface area (Å²) in [5.41, 5.74) is 0. The molecule has 0 heterocycles. The predicted octanol–water partition coefficient (Wildman–Crippen LogP) is 4.07. The number of halogens is 2. The highest BCUT2D eigenvalue weighted by Crippen LogP contribution is 2.33. The number of aromatic hydroxyl groups is 1. The summed E-state index contributed by atoms with van der Waals surface area (Å²) in [5, 5.41) is 11.5. The molecule has 0 bridgehead atoms. The zero-order valence-corrected chi connectivity index (χ0v) is 9.76. The Bertz CT molecular complexity index is 466. The molecule has 0 aromatic heterocycles. The molecule has 0 fully saturated rings. The van der Waals surface area contributed by atoms with Crippen molar-refractivity contribution in [3.63, 3.8) is 0 Å². The molecule has 0 saturated carbocycles. The van der Waals surface area contributed by atoms with E-state index >= 15 is 0 Å². The minimum Gasteiger partial charge on any atom is -0.507 e. The molecule has 2 rings (SSSR count). The van der Waals surface area contributed by atoms with E-state index in [0.717, 1.165) is 19.7 Å². The quantitative estimate of drug-likeness (QED) is 0.778. The number of phenols is 1. The van der Waals surface area contributed by atoms with Crippen LogP contribution in [0.1, 0.15) is 0 Å². The van der Waals surface area contributed by atoms with Gasteiger partial charge in [-0.15, -0.1) is 0 Å². The Morgan fingerprint density at radius 3 is 2.54 bits per heavy atom. The van der Waals surface area contributed by atoms with Gasteiger partial charge >= 0.3 is 0 Å². The molecular formula is C10H6Br2O. The first kappa shape index (κ1) is 9.03. The summed E-state index contributed by atoms with van der Waals surface area (Å²) in [4.78, 5) is 0. The van der Waals surface area contributed by atoms with Crippen LogP contribution in [0.4, 0.5) is 0 Å². The Morgan fingerprint density at radius 1 is 1.00 bits per heavy atom. The van der Waals surface area contributed by atoms with Crippen molar-refractivity contribution in [2.75, 3.05) is 0 Å². The summed E-state index contributed by atoms with van der Waals surface area (Å²) < 4.78 is 1.79. The first-order chi connectivity index (χ1) is 6.18. The number of rotatable bonds is 0. The van der Waals surface area contributed by atoms with Crippen LogP contribution >= 0.6 is 31.9 Å². The van der Waals surface area contributed by atoms with Gasteiger partial charge < -0.3 is 5.11 Å². The Labute approximate surface area is 92.6 Å². The third-order valence-corrected chi connectivity index (χ3v) is 3.22. The molecule has 13 heavy (non-hydrogen) atoms. The molecular weight excluding hydrogens is 296 g/mol. The van der Waals surface area contributed by atoms with Crippen LogP contribution in [0.25, 0.3) is 10.8 Å². The number of phenolic OH excluding ortho intramolecular Hbond substituents is 1. The lowest BCUT2D eigenvalue weighted by atomic mass is 10.1. The summed E-state index contributed by atoms with van der Waals surface area (Å²) in [6.07, 6.45) is 0. The van der Waals surface area contributed by atoms with E-state index < -0.39 is 0 Å². The van der Waals surface area contributed by atoms with E-state index in [4.69, 9.17) is 0 Å². The predicted molar refractivity (Wildman–Crippen MR) is 61.0 cm³/mol. The second kappa shape index (κ2) is 3.31. The fourth-order valence-corrected chi connectivity index (χ4v) is 2.12. The van der Waals surface area contributed by atoms with Crippen LogP contribution in [-0.4, -0.2) is 5.11 Å². The van der Waals surface area contributed by atoms with Gasteiger partial charge in [-0.2, -0.15) is 0 Å². The molecule has 3 heteroatoms. The van der Waals surface area contributed by atoms with Crippen LogP contribution in [-0.2, 0) is 0 Å². The van der Waals surface area contributed by atoms with E-state index in [9.17, 15) is 5.11 Å². The highest BCUT2D eigenvalue weighted by atomic mass is 79.9. The van der Waals surface area contributed by atoms with E-state index in [1.54, 1.807) is 6.07 Å². The van der Waals surface area contributed by atoms with Crippen molar-refractivity contribution < 1.29 is 5.11 Å². The minimum absolute atomic E-state index is 0.273. The summed E-state index contributed by atoms with van der Waals surface area (Å²) in [6, 6.07) is 9.49. The molecule has 2 aromatic carbocycles. The molecule has 0 aliphatic heterocycles. The van der Waals surface area contributed by atoms with Crippen molar-refractivity contribution in [3.8, 4) is 5.75 Å². The van der Waals surface area contributed by atoms with Crippen LogP contribution in [0.5, 0.6) is 5.75 Å². The van der Waals surface area contributed by atoms with Crippen LogP contribution in [0.15, 0.2) is 39.3 Å². The number of benzene rings is 2. The lowest BCUT2D eigenvalue weighted by molar-refractivity contribution is 0.473. The van der Waals surface area contributed by atoms with E-state index in [1.165, 1.54) is 0 Å². The fraction of sp³-hybridized carbons (Fsp3) is 0. The zero-order valence-electron chi connectivity index (χ0n) is 6.59. The zero-order chi connectivity index (χ0) is 9.42. The lowest BCUT2D eigenvalue weighted by Gasteiger charge is -2.02. The third kappa shape index (κ3) is 1.58. The van der Waals surface area contributed by atoms with Gasteiger partial charge in [-0.3, -0.25) is 0 Å². The highest BCUT2D eigenvalue weighted by Gasteiger charge is 2.03. The van der Waals surface area contributed by atoms with Crippen molar-refractivity contribution in [2.24, 2.45) is 0 Å². The number of fused-ring (bicyclic) bond motifs is 1. The smallest absolute Gasteiger partial charge is 0.130 e. The topological polar surface area (TPSA) is 20.2 Å². The average Bonchev–Trinajstić information content (AvgIpc) is 2.12. The molecule has 1 nitrogen and oxygen atoms in total. The maximum absolute atomic E-state index is 9.43. The van der Waals surface area contributed by atoms with Gasteiger partial charge in [0.05, 0.1) is 4.47 Å². The summed E-state index contributed by atoms with van der Waals surface area (Å²) in [6.45, 7) is 0. The van der Waals surface area contributed by atoms with Gasteiger partial charge in [0.25, 0.3) is 0 Å². The third-order valence-electron chi connectivity index (χ3n) is 1.90. The molecule has 1 N–H and O–H groups in total. The molecule has 66 valence electrons. The van der Waals surface area contributed by atoms with Gasteiger partial charge in [0, 0.05) is 4.47 Å². The van der Waals surface area contributed by atoms with Crippen molar-refractivity contribution in [1.29, 1.82) is 0 Å². The molecule has 0 spiro atoms. The van der Waals surface area contributed by atoms with Crippen LogP contribution in [0.3, 0.4) is 0 Å². The fourth-order valence-electron chi connectivity index (χ4n) is 1.25. The highest BCUT2D eigenvalue weighted by molar-refractivity contribution is 9.11. The number of hydrogen-bond donors (Lipinski definition) is 1. The molecule has 0 saturated heterocycles. The maximum Gasteiger partial charge on any atom is 0.130 e. The normalized spacial score (nSPS) is 10.6. The van der Waals surface area contributed by atoms with E-state index in [1.807, 2.05) is 24.3 Å². The van der Waals surface area contributed by atoms with Gasteiger partial charge in [0.15, 0.2) is 0 Å². The Kier molecular flexibility index (Phi) is 2.30.